The van der Waals surface area contributed by atoms with Gasteiger partial charge in [0.25, 0.3) is 0 Å². The van der Waals surface area contributed by atoms with E-state index in [4.69, 9.17) is 0 Å². The summed E-state index contributed by atoms with van der Waals surface area (Å²) in [5, 5.41) is 6.42. The van der Waals surface area contributed by atoms with Gasteiger partial charge in [0.2, 0.25) is 5.91 Å². The molecule has 152 valence electrons. The van der Waals surface area contributed by atoms with Crippen molar-refractivity contribution in [2.75, 3.05) is 26.7 Å². The second-order valence-electron chi connectivity index (χ2n) is 6.51. The van der Waals surface area contributed by atoms with Crippen LogP contribution >= 0.6 is 24.0 Å². The molecule has 0 heterocycles. The van der Waals surface area contributed by atoms with Crippen molar-refractivity contribution in [3.8, 4) is 0 Å². The highest BCUT2D eigenvalue weighted by atomic mass is 127. The lowest BCUT2D eigenvalue weighted by atomic mass is 10.0. The van der Waals surface area contributed by atoms with Gasteiger partial charge in [-0.05, 0) is 24.0 Å². The zero-order chi connectivity index (χ0) is 19.5. The first-order valence-electron chi connectivity index (χ1n) is 9.45. The smallest absolute Gasteiger partial charge is 0.242 e. The van der Waals surface area contributed by atoms with Gasteiger partial charge in [0.15, 0.2) is 5.96 Å². The number of nitrogens with one attached hydrogen (secondary N) is 2. The Labute approximate surface area is 185 Å². The van der Waals surface area contributed by atoms with E-state index in [2.05, 4.69) is 34.7 Å². The van der Waals surface area contributed by atoms with Crippen LogP contribution in [0.15, 0.2) is 65.7 Å². The third kappa shape index (κ3) is 7.88. The van der Waals surface area contributed by atoms with Gasteiger partial charge in [0.1, 0.15) is 0 Å². The van der Waals surface area contributed by atoms with Crippen molar-refractivity contribution in [3.05, 3.63) is 71.8 Å². The van der Waals surface area contributed by atoms with Gasteiger partial charge in [-0.3, -0.25) is 9.79 Å². The zero-order valence-electron chi connectivity index (χ0n) is 16.9. The number of rotatable bonds is 8. The zero-order valence-corrected chi connectivity index (χ0v) is 19.2. The predicted molar refractivity (Wildman–Crippen MR) is 127 cm³/mol. The van der Waals surface area contributed by atoms with Crippen LogP contribution in [0.4, 0.5) is 0 Å². The summed E-state index contributed by atoms with van der Waals surface area (Å²) in [6.07, 6.45) is 0. The van der Waals surface area contributed by atoms with Crippen molar-refractivity contribution >= 4 is 35.8 Å². The molecule has 5 nitrogen and oxygen atoms in total. The van der Waals surface area contributed by atoms with E-state index in [1.165, 1.54) is 5.56 Å². The molecule has 0 spiro atoms. The largest absolute Gasteiger partial charge is 0.356 e. The average Bonchev–Trinajstić information content (AvgIpc) is 2.73. The Morgan fingerprint density at radius 3 is 2.21 bits per heavy atom. The number of amides is 1. The quantitative estimate of drug-likeness (QED) is 0.335. The van der Waals surface area contributed by atoms with E-state index in [0.29, 0.717) is 25.0 Å². The maximum atomic E-state index is 12.5. The predicted octanol–water partition coefficient (Wildman–Crippen LogP) is 3.62. The van der Waals surface area contributed by atoms with Crippen molar-refractivity contribution in [1.29, 1.82) is 0 Å². The highest BCUT2D eigenvalue weighted by Crippen LogP contribution is 2.12. The number of hydrogen-bond acceptors (Lipinski definition) is 2. The molecule has 0 bridgehead atoms. The van der Waals surface area contributed by atoms with Crippen LogP contribution in [-0.2, 0) is 11.3 Å². The average molecular weight is 494 g/mol. The van der Waals surface area contributed by atoms with Crippen molar-refractivity contribution in [1.82, 2.24) is 15.5 Å². The van der Waals surface area contributed by atoms with E-state index < -0.39 is 0 Å². The molecular formula is C22H31IN4O. The van der Waals surface area contributed by atoms with E-state index in [9.17, 15) is 4.79 Å². The van der Waals surface area contributed by atoms with Gasteiger partial charge in [0.05, 0.1) is 6.54 Å². The molecule has 2 N–H and O–H groups in total. The number of aliphatic imine (C=N–C) groups is 1. The van der Waals surface area contributed by atoms with Crippen LogP contribution in [0.2, 0.25) is 0 Å². The molecular weight excluding hydrogens is 463 g/mol. The van der Waals surface area contributed by atoms with Crippen LogP contribution in [-0.4, -0.2) is 43.4 Å². The Kier molecular flexibility index (Phi) is 11.2. The van der Waals surface area contributed by atoms with Gasteiger partial charge in [0, 0.05) is 26.7 Å². The molecule has 2 aromatic carbocycles. The number of carbonyl (C=O) groups is 1. The van der Waals surface area contributed by atoms with Gasteiger partial charge in [-0.15, -0.1) is 24.0 Å². The minimum atomic E-state index is 0. The Bertz CT molecular complexity index is 722. The molecule has 0 aliphatic carbocycles. The topological polar surface area (TPSA) is 56.7 Å². The fourth-order valence-electron chi connectivity index (χ4n) is 2.82. The molecule has 0 saturated carbocycles. The molecule has 6 heteroatoms. The molecule has 0 aliphatic rings. The van der Waals surface area contributed by atoms with E-state index in [1.807, 2.05) is 60.4 Å². The van der Waals surface area contributed by atoms with Crippen LogP contribution in [0.5, 0.6) is 0 Å². The Balaban J connectivity index is 0.00000392. The van der Waals surface area contributed by atoms with E-state index in [1.54, 1.807) is 7.05 Å². The van der Waals surface area contributed by atoms with Crippen molar-refractivity contribution < 1.29 is 4.79 Å². The summed E-state index contributed by atoms with van der Waals surface area (Å²) >= 11 is 0. The van der Waals surface area contributed by atoms with E-state index >= 15 is 0 Å². The number of guanidine groups is 1. The minimum absolute atomic E-state index is 0. The molecule has 2 rings (SSSR count). The number of likely N-dealkylation sites (N-methyl/N-ethyl adjacent to an activating group) is 1. The Hall–Kier alpha value is -2.09. The molecule has 2 aromatic rings. The van der Waals surface area contributed by atoms with Gasteiger partial charge >= 0.3 is 0 Å². The normalized spacial score (nSPS) is 11.9. The third-order valence-electron chi connectivity index (χ3n) is 4.53. The first-order chi connectivity index (χ1) is 13.1. The molecule has 1 amide bonds. The monoisotopic (exact) mass is 494 g/mol. The molecule has 0 aliphatic heterocycles. The highest BCUT2D eigenvalue weighted by molar-refractivity contribution is 14.0. The van der Waals surface area contributed by atoms with Crippen LogP contribution in [0.3, 0.4) is 0 Å². The van der Waals surface area contributed by atoms with Gasteiger partial charge in [-0.1, -0.05) is 67.6 Å². The standard InChI is InChI=1S/C22H30N4O.HI/c1-4-26(17-19-11-7-5-8-12-19)21(27)16-25-22(23-3)24-15-18(2)20-13-9-6-10-14-20;/h5-14,18H,4,15-17H2,1-3H3,(H2,23,24,25);1H. The van der Waals surface area contributed by atoms with Gasteiger partial charge < -0.3 is 15.5 Å². The summed E-state index contributed by atoms with van der Waals surface area (Å²) in [6, 6.07) is 20.4. The summed E-state index contributed by atoms with van der Waals surface area (Å²) in [4.78, 5) is 18.6. The number of carbonyl (C=O) groups excluding carboxylic acids is 1. The highest BCUT2D eigenvalue weighted by Gasteiger charge is 2.13. The lowest BCUT2D eigenvalue weighted by molar-refractivity contribution is -0.130. The van der Waals surface area contributed by atoms with E-state index in [0.717, 1.165) is 12.1 Å². The first kappa shape index (κ1) is 23.9. The summed E-state index contributed by atoms with van der Waals surface area (Å²) in [7, 11) is 1.72. The van der Waals surface area contributed by atoms with Crippen LogP contribution < -0.4 is 10.6 Å². The third-order valence-corrected chi connectivity index (χ3v) is 4.53. The fourth-order valence-corrected chi connectivity index (χ4v) is 2.82. The number of hydrogen-bond donors (Lipinski definition) is 2. The lowest BCUT2D eigenvalue weighted by Crippen LogP contribution is -2.45. The molecule has 1 unspecified atom stereocenters. The maximum Gasteiger partial charge on any atom is 0.242 e. The Morgan fingerprint density at radius 1 is 1.04 bits per heavy atom. The van der Waals surface area contributed by atoms with Crippen LogP contribution in [0, 0.1) is 0 Å². The first-order valence-corrected chi connectivity index (χ1v) is 9.45. The lowest BCUT2D eigenvalue weighted by Gasteiger charge is -2.22. The summed E-state index contributed by atoms with van der Waals surface area (Å²) < 4.78 is 0. The van der Waals surface area contributed by atoms with Crippen LogP contribution in [0.1, 0.15) is 30.9 Å². The summed E-state index contributed by atoms with van der Waals surface area (Å²) in [5.74, 6) is 1.05. The van der Waals surface area contributed by atoms with Crippen molar-refractivity contribution in [2.24, 2.45) is 4.99 Å². The second-order valence-corrected chi connectivity index (χ2v) is 6.51. The molecule has 28 heavy (non-hydrogen) atoms. The Morgan fingerprint density at radius 2 is 1.64 bits per heavy atom. The second kappa shape index (κ2) is 13.1. The van der Waals surface area contributed by atoms with Crippen molar-refractivity contribution in [2.45, 2.75) is 26.3 Å². The van der Waals surface area contributed by atoms with Crippen LogP contribution in [0.25, 0.3) is 0 Å². The van der Waals surface area contributed by atoms with Crippen molar-refractivity contribution in [3.63, 3.8) is 0 Å². The fraction of sp³-hybridized carbons (Fsp3) is 0.364. The maximum absolute atomic E-state index is 12.5. The molecule has 0 fully saturated rings. The number of halogens is 1. The summed E-state index contributed by atoms with van der Waals surface area (Å²) in [6.45, 7) is 6.43. The van der Waals surface area contributed by atoms with Gasteiger partial charge in [-0.25, -0.2) is 0 Å². The molecule has 0 saturated heterocycles. The molecule has 0 aromatic heterocycles. The summed E-state index contributed by atoms with van der Waals surface area (Å²) in [5.41, 5.74) is 2.41. The van der Waals surface area contributed by atoms with E-state index in [-0.39, 0.29) is 36.4 Å². The molecule has 0 radical (unpaired) electrons. The molecule has 1 atom stereocenters. The SMILES string of the molecule is CCN(Cc1ccccc1)C(=O)CNC(=NC)NCC(C)c1ccccc1.I. The minimum Gasteiger partial charge on any atom is -0.356 e. The van der Waals surface area contributed by atoms with Gasteiger partial charge in [-0.2, -0.15) is 0 Å². The number of benzene rings is 2. The number of nitrogens with zero attached hydrogens (tertiary/aromatic N) is 2.